The molecule has 0 fully saturated rings. The number of esters is 1. The highest BCUT2D eigenvalue weighted by atomic mass is 32.2. The van der Waals surface area contributed by atoms with Crippen LogP contribution in [0.5, 0.6) is 5.75 Å². The van der Waals surface area contributed by atoms with E-state index < -0.39 is 103 Å². The van der Waals surface area contributed by atoms with Crippen LogP contribution in [-0.2, 0) is 60.8 Å². The third-order valence-electron chi connectivity index (χ3n) is 11.6. The SMILES string of the molecule is CCN1/C(=C/C=C/C2=[N+](CCCCCC(=O)Oc3c(F)c(F)c(S(=O)(=O)O)c(F)c3F)c3ccc(S(=O)(=O)O)cc3C2(C)CCOC)C(C)(CCCS(=O)(=O)O)c2cc(S(=O)(=O)O)ccc21. The molecule has 2 heterocycles. The number of nitrogens with zero attached hydrogens (tertiary/aromatic N) is 2. The lowest BCUT2D eigenvalue weighted by molar-refractivity contribution is -0.438. The minimum atomic E-state index is -5.74. The topological polar surface area (TPSA) is 259 Å². The summed E-state index contributed by atoms with van der Waals surface area (Å²) in [4.78, 5) is 11.4. The Morgan fingerprint density at radius 3 is 1.89 bits per heavy atom. The van der Waals surface area contributed by atoms with E-state index in [4.69, 9.17) is 9.29 Å². The predicted octanol–water partition coefficient (Wildman–Crippen LogP) is 6.45. The summed E-state index contributed by atoms with van der Waals surface area (Å²) in [5.41, 5.74) is 1.20. The summed E-state index contributed by atoms with van der Waals surface area (Å²) >= 11 is 0. The summed E-state index contributed by atoms with van der Waals surface area (Å²) in [5, 5.41) is 0. The molecule has 0 aromatic heterocycles. The molecule has 3 aromatic carbocycles. The van der Waals surface area contributed by atoms with E-state index in [1.165, 1.54) is 43.5 Å². The second-order valence-electron chi connectivity index (χ2n) is 16.0. The molecule has 66 heavy (non-hydrogen) atoms. The largest absolute Gasteiger partial charge is 0.420 e. The molecule has 5 rings (SSSR count). The van der Waals surface area contributed by atoms with E-state index in [2.05, 4.69) is 4.74 Å². The van der Waals surface area contributed by atoms with Crippen LogP contribution in [0, 0.1) is 23.3 Å². The summed E-state index contributed by atoms with van der Waals surface area (Å²) in [6.45, 7) is 6.15. The number of hydrogen-bond acceptors (Lipinski definition) is 12. The molecule has 17 nitrogen and oxygen atoms in total. The van der Waals surface area contributed by atoms with E-state index >= 15 is 0 Å². The molecule has 0 spiro atoms. The van der Waals surface area contributed by atoms with Crippen molar-refractivity contribution in [3.8, 4) is 5.75 Å². The summed E-state index contributed by atoms with van der Waals surface area (Å²) in [6.07, 6.45) is 5.52. The van der Waals surface area contributed by atoms with E-state index in [1.807, 2.05) is 23.3 Å². The smallest absolute Gasteiger partial charge is 0.311 e. The quantitative estimate of drug-likeness (QED) is 0.0180. The van der Waals surface area contributed by atoms with Crippen LogP contribution in [0.3, 0.4) is 0 Å². The van der Waals surface area contributed by atoms with E-state index in [1.54, 1.807) is 25.2 Å². The third kappa shape index (κ3) is 10.9. The van der Waals surface area contributed by atoms with Gasteiger partial charge < -0.3 is 14.4 Å². The number of likely N-dealkylation sites (N-methyl/N-ethyl adjacent to an activating group) is 1. The number of fused-ring (bicyclic) bond motifs is 2. The molecule has 2 aliphatic rings. The third-order valence-corrected chi connectivity index (χ3v) is 15.0. The summed E-state index contributed by atoms with van der Waals surface area (Å²) < 4.78 is 203. The molecule has 362 valence electrons. The van der Waals surface area contributed by atoms with Crippen LogP contribution in [0.4, 0.5) is 28.9 Å². The standard InChI is InChI=1S/C41H46F4N2O15S4/c1-5-46-29-16-14-25(64(52,53)54)23-27(29)40(2,18-10-22-63(49,50)51)31(46)11-9-12-32-41(3,19-21-61-4)28-24-26(65(55,56)57)15-17-30(28)47(32)20-8-6-7-13-33(48)62-38-34(42)36(44)39(66(58,59)60)37(45)35(38)43/h9,11-12,14-17,23-24H,5-8,10,13,18-22H2,1-4H3,(H3-,49,50,51,52,53,54,55,56,57,58,59,60)/p+1. The second kappa shape index (κ2) is 19.6. The maximum atomic E-state index is 14.5. The minimum Gasteiger partial charge on any atom is -0.420 e. The Bertz CT molecular complexity index is 2970. The molecular weight excluding hydrogens is 965 g/mol. The van der Waals surface area contributed by atoms with E-state index in [9.17, 15) is 69.7 Å². The van der Waals surface area contributed by atoms with Crippen molar-refractivity contribution in [2.24, 2.45) is 0 Å². The van der Waals surface area contributed by atoms with Crippen LogP contribution in [0.25, 0.3) is 0 Å². The van der Waals surface area contributed by atoms with Gasteiger partial charge in [-0.05, 0) is 94.8 Å². The zero-order chi connectivity index (χ0) is 49.4. The molecule has 2 aliphatic heterocycles. The van der Waals surface area contributed by atoms with E-state index in [0.717, 1.165) is 0 Å². The highest BCUT2D eigenvalue weighted by Gasteiger charge is 2.48. The maximum absolute atomic E-state index is 14.5. The van der Waals surface area contributed by atoms with Gasteiger partial charge in [-0.1, -0.05) is 6.08 Å². The van der Waals surface area contributed by atoms with Crippen molar-refractivity contribution in [3.63, 3.8) is 0 Å². The number of benzene rings is 3. The fourth-order valence-electron chi connectivity index (χ4n) is 8.43. The second-order valence-corrected chi connectivity index (χ2v) is 21.7. The van der Waals surface area contributed by atoms with Crippen molar-refractivity contribution in [3.05, 3.63) is 94.7 Å². The van der Waals surface area contributed by atoms with Gasteiger partial charge >= 0.3 is 16.1 Å². The molecule has 0 amide bonds. The summed E-state index contributed by atoms with van der Waals surface area (Å²) in [6, 6.07) is 8.11. The number of methoxy groups -OCH3 is 1. The molecule has 2 atom stereocenters. The normalized spacial score (nSPS) is 19.6. The van der Waals surface area contributed by atoms with Crippen LogP contribution in [0.1, 0.15) is 76.8 Å². The van der Waals surface area contributed by atoms with Gasteiger partial charge in [0, 0.05) is 67.6 Å². The van der Waals surface area contributed by atoms with Gasteiger partial charge in [-0.3, -0.25) is 23.0 Å². The average Bonchev–Trinajstić information content (AvgIpc) is 3.58. The number of hydrogen-bond donors (Lipinski definition) is 4. The van der Waals surface area contributed by atoms with Gasteiger partial charge in [0.25, 0.3) is 30.4 Å². The number of carbonyl (C=O) groups is 1. The first-order valence-corrected chi connectivity index (χ1v) is 26.0. The number of rotatable bonds is 20. The van der Waals surface area contributed by atoms with Crippen LogP contribution < -0.4 is 9.64 Å². The molecule has 0 bridgehead atoms. The Labute approximate surface area is 379 Å². The van der Waals surface area contributed by atoms with Gasteiger partial charge in [0.1, 0.15) is 6.54 Å². The number of halogens is 4. The Morgan fingerprint density at radius 1 is 0.758 bits per heavy atom. The lowest BCUT2D eigenvalue weighted by Crippen LogP contribution is -2.33. The first-order chi connectivity index (χ1) is 30.5. The van der Waals surface area contributed by atoms with Crippen molar-refractivity contribution in [2.45, 2.75) is 91.2 Å². The van der Waals surface area contributed by atoms with E-state index in [0.29, 0.717) is 46.9 Å². The highest BCUT2D eigenvalue weighted by Crippen LogP contribution is 2.51. The average molecular weight is 1010 g/mol. The Morgan fingerprint density at radius 2 is 1.35 bits per heavy atom. The molecule has 0 radical (unpaired) electrons. The lowest BCUT2D eigenvalue weighted by atomic mass is 9.76. The van der Waals surface area contributed by atoms with E-state index in [-0.39, 0.29) is 55.0 Å². The number of allylic oxidation sites excluding steroid dienone is 4. The predicted molar refractivity (Wildman–Crippen MR) is 230 cm³/mol. The number of carbonyl (C=O) groups excluding carboxylic acids is 1. The van der Waals surface area contributed by atoms with Crippen LogP contribution in [0.15, 0.2) is 75.0 Å². The van der Waals surface area contributed by atoms with Gasteiger partial charge in [-0.2, -0.15) is 47.0 Å². The highest BCUT2D eigenvalue weighted by molar-refractivity contribution is 7.86. The van der Waals surface area contributed by atoms with Crippen LogP contribution in [0.2, 0.25) is 0 Å². The molecule has 2 unspecified atom stereocenters. The minimum absolute atomic E-state index is 0.000382. The molecule has 3 aromatic rings. The number of anilines is 1. The van der Waals surface area contributed by atoms with Gasteiger partial charge in [-0.25, -0.2) is 8.78 Å². The van der Waals surface area contributed by atoms with Crippen molar-refractivity contribution in [1.29, 1.82) is 0 Å². The summed E-state index contributed by atoms with van der Waals surface area (Å²) in [7, 11) is -18.0. The maximum Gasteiger partial charge on any atom is 0.311 e. The molecule has 4 N–H and O–H groups in total. The first kappa shape index (κ1) is 52.4. The zero-order valence-corrected chi connectivity index (χ0v) is 39.1. The Hall–Kier alpha value is -4.60. The van der Waals surface area contributed by atoms with Crippen molar-refractivity contribution in [1.82, 2.24) is 0 Å². The Kier molecular flexibility index (Phi) is 15.5. The fourth-order valence-corrected chi connectivity index (χ4v) is 10.6. The molecule has 0 saturated carbocycles. The zero-order valence-electron chi connectivity index (χ0n) is 35.8. The fraction of sp³-hybridized carbons (Fsp3) is 0.415. The van der Waals surface area contributed by atoms with Crippen LogP contribution >= 0.6 is 0 Å². The molecule has 0 saturated heterocycles. The van der Waals surface area contributed by atoms with Gasteiger partial charge in [0.05, 0.1) is 21.0 Å². The van der Waals surface area contributed by atoms with Gasteiger partial charge in [0.15, 0.2) is 22.2 Å². The van der Waals surface area contributed by atoms with Gasteiger partial charge in [-0.15, -0.1) is 0 Å². The molecular formula is C41H47F4N2O15S4+. The van der Waals surface area contributed by atoms with Crippen molar-refractivity contribution >= 4 is 63.5 Å². The molecule has 0 aliphatic carbocycles. The number of ether oxygens (including phenoxy) is 2. The monoisotopic (exact) mass is 1010 g/mol. The lowest BCUT2D eigenvalue weighted by Gasteiger charge is -2.30. The first-order valence-electron chi connectivity index (χ1n) is 20.0. The van der Waals surface area contributed by atoms with Gasteiger partial charge in [0.2, 0.25) is 23.1 Å². The van der Waals surface area contributed by atoms with Crippen molar-refractivity contribution in [2.75, 3.05) is 37.5 Å². The number of unbranched alkanes of at least 4 members (excludes halogenated alkanes) is 2. The van der Waals surface area contributed by atoms with Crippen molar-refractivity contribution < 1.29 is 88.3 Å². The van der Waals surface area contributed by atoms with Crippen LogP contribution in [-0.4, -0.2) is 101 Å². The molecule has 25 heteroatoms. The Balaban J connectivity index is 1.51. The summed E-state index contributed by atoms with van der Waals surface area (Å²) in [5.74, 6) is -13.5.